The van der Waals surface area contributed by atoms with Gasteiger partial charge in [0.1, 0.15) is 16.2 Å². The number of fused-ring (bicyclic) bond motifs is 1. The van der Waals surface area contributed by atoms with E-state index in [9.17, 15) is 8.42 Å². The Labute approximate surface area is 157 Å². The monoisotopic (exact) mass is 388 g/mol. The Kier molecular flexibility index (Phi) is 4.81. The number of rotatable bonds is 5. The fourth-order valence-electron chi connectivity index (χ4n) is 3.29. The van der Waals surface area contributed by atoms with Gasteiger partial charge in [0.15, 0.2) is 5.52 Å². The molecule has 1 aromatic heterocycles. The van der Waals surface area contributed by atoms with Crippen molar-refractivity contribution in [2.24, 2.45) is 0 Å². The Morgan fingerprint density at radius 2 is 1.85 bits per heavy atom. The first-order valence-electron chi connectivity index (χ1n) is 8.64. The molecule has 0 radical (unpaired) electrons. The highest BCUT2D eigenvalue weighted by molar-refractivity contribution is 7.89. The van der Waals surface area contributed by atoms with Crippen LogP contribution in [0, 0.1) is 0 Å². The van der Waals surface area contributed by atoms with Crippen molar-refractivity contribution >= 4 is 21.1 Å². The normalized spacial score (nSPS) is 16.6. The molecule has 2 heterocycles. The van der Waals surface area contributed by atoms with Crippen LogP contribution in [0.5, 0.6) is 5.75 Å². The maximum absolute atomic E-state index is 13.0. The Morgan fingerprint density at radius 3 is 2.63 bits per heavy atom. The van der Waals surface area contributed by atoms with E-state index >= 15 is 0 Å². The first-order chi connectivity index (χ1) is 13.1. The maximum atomic E-state index is 13.0. The van der Waals surface area contributed by atoms with Gasteiger partial charge in [0.2, 0.25) is 10.0 Å². The van der Waals surface area contributed by atoms with Gasteiger partial charge in [-0.15, -0.1) is 0 Å². The fraction of sp³-hybridized carbons (Fsp3) is 0.333. The van der Waals surface area contributed by atoms with Crippen molar-refractivity contribution in [1.29, 1.82) is 0 Å². The van der Waals surface area contributed by atoms with Gasteiger partial charge >= 0.3 is 0 Å². The lowest BCUT2D eigenvalue weighted by molar-refractivity contribution is 0.181. The molecule has 0 bridgehead atoms. The second-order valence-electron chi connectivity index (χ2n) is 6.42. The molecule has 0 unspecified atom stereocenters. The van der Waals surface area contributed by atoms with Gasteiger partial charge in [-0.1, -0.05) is 18.2 Å². The van der Waals surface area contributed by atoms with E-state index in [-0.39, 0.29) is 10.4 Å². The molecule has 0 spiro atoms. The zero-order valence-corrected chi connectivity index (χ0v) is 15.7. The minimum atomic E-state index is -3.64. The number of methoxy groups -OCH3 is 1. The van der Waals surface area contributed by atoms with Crippen LogP contribution in [0.1, 0.15) is 5.56 Å². The minimum absolute atomic E-state index is 0.141. The average Bonchev–Trinajstić information content (AvgIpc) is 3.17. The number of hydrogen-bond acceptors (Lipinski definition) is 7. The van der Waals surface area contributed by atoms with Gasteiger partial charge in [0.25, 0.3) is 0 Å². The van der Waals surface area contributed by atoms with Crippen LogP contribution in [0.15, 0.2) is 52.0 Å². The standard InChI is InChI=1S/C18H20N4O4S/c1-25-15-5-2-4-14(12-15)13-21-8-10-22(11-9-21)27(23,24)17-7-3-6-16-18(17)20-26-19-16/h2-7,12H,8-11,13H2,1H3. The second kappa shape index (κ2) is 7.26. The molecule has 1 aliphatic heterocycles. The molecule has 0 atom stereocenters. The van der Waals surface area contributed by atoms with E-state index in [2.05, 4.69) is 19.8 Å². The highest BCUT2D eigenvalue weighted by Gasteiger charge is 2.30. The van der Waals surface area contributed by atoms with E-state index in [4.69, 9.17) is 4.74 Å². The Balaban J connectivity index is 1.46. The van der Waals surface area contributed by atoms with Crippen molar-refractivity contribution in [2.75, 3.05) is 33.3 Å². The highest BCUT2D eigenvalue weighted by Crippen LogP contribution is 2.24. The summed E-state index contributed by atoms with van der Waals surface area (Å²) in [7, 11) is -1.99. The van der Waals surface area contributed by atoms with Gasteiger partial charge in [-0.3, -0.25) is 4.90 Å². The zero-order valence-electron chi connectivity index (χ0n) is 14.9. The number of benzene rings is 2. The van der Waals surface area contributed by atoms with Crippen molar-refractivity contribution in [1.82, 2.24) is 19.5 Å². The number of piperazine rings is 1. The molecular weight excluding hydrogens is 368 g/mol. The van der Waals surface area contributed by atoms with Crippen LogP contribution in [-0.4, -0.2) is 61.2 Å². The number of sulfonamides is 1. The van der Waals surface area contributed by atoms with Crippen LogP contribution in [0.2, 0.25) is 0 Å². The summed E-state index contributed by atoms with van der Waals surface area (Å²) in [5, 5.41) is 7.48. The van der Waals surface area contributed by atoms with Crippen LogP contribution < -0.4 is 4.74 Å². The quantitative estimate of drug-likeness (QED) is 0.658. The number of hydrogen-bond donors (Lipinski definition) is 0. The summed E-state index contributed by atoms with van der Waals surface area (Å²) >= 11 is 0. The van der Waals surface area contributed by atoms with E-state index in [1.54, 1.807) is 25.3 Å². The second-order valence-corrected chi connectivity index (χ2v) is 8.33. The predicted octanol–water partition coefficient (Wildman–Crippen LogP) is 1.74. The van der Waals surface area contributed by atoms with E-state index in [1.165, 1.54) is 4.31 Å². The third-order valence-electron chi connectivity index (χ3n) is 4.74. The summed E-state index contributed by atoms with van der Waals surface area (Å²) in [5.41, 5.74) is 1.85. The Hall–Kier alpha value is -2.49. The third kappa shape index (κ3) is 3.53. The molecule has 0 N–H and O–H groups in total. The van der Waals surface area contributed by atoms with E-state index in [0.717, 1.165) is 17.9 Å². The van der Waals surface area contributed by atoms with Gasteiger partial charge < -0.3 is 4.74 Å². The summed E-state index contributed by atoms with van der Waals surface area (Å²) in [6.07, 6.45) is 0. The number of aromatic nitrogens is 2. The lowest BCUT2D eigenvalue weighted by Crippen LogP contribution is -2.48. The maximum Gasteiger partial charge on any atom is 0.245 e. The van der Waals surface area contributed by atoms with Crippen LogP contribution in [0.3, 0.4) is 0 Å². The van der Waals surface area contributed by atoms with Gasteiger partial charge in [0, 0.05) is 32.7 Å². The molecule has 0 aliphatic carbocycles. The van der Waals surface area contributed by atoms with Crippen molar-refractivity contribution < 1.29 is 17.8 Å². The van der Waals surface area contributed by atoms with E-state index in [1.807, 2.05) is 24.3 Å². The molecule has 3 aromatic rings. The molecule has 27 heavy (non-hydrogen) atoms. The molecule has 8 nitrogen and oxygen atoms in total. The lowest BCUT2D eigenvalue weighted by Gasteiger charge is -2.34. The molecular formula is C18H20N4O4S. The van der Waals surface area contributed by atoms with Crippen LogP contribution >= 0.6 is 0 Å². The summed E-state index contributed by atoms with van der Waals surface area (Å²) in [6.45, 7) is 2.92. The SMILES string of the molecule is COc1cccc(CN2CCN(S(=O)(=O)c3cccc4nonc34)CC2)c1. The zero-order chi connectivity index (χ0) is 18.9. The summed E-state index contributed by atoms with van der Waals surface area (Å²) < 4.78 is 37.5. The molecule has 1 fully saturated rings. The third-order valence-corrected chi connectivity index (χ3v) is 6.67. The molecule has 4 rings (SSSR count). The molecule has 1 aliphatic rings. The minimum Gasteiger partial charge on any atom is -0.497 e. The fourth-order valence-corrected chi connectivity index (χ4v) is 4.84. The molecule has 2 aromatic carbocycles. The van der Waals surface area contributed by atoms with Gasteiger partial charge in [0.05, 0.1) is 7.11 Å². The first-order valence-corrected chi connectivity index (χ1v) is 10.1. The molecule has 0 amide bonds. The average molecular weight is 388 g/mol. The Morgan fingerprint density at radius 1 is 1.07 bits per heavy atom. The molecule has 9 heteroatoms. The highest BCUT2D eigenvalue weighted by atomic mass is 32.2. The largest absolute Gasteiger partial charge is 0.497 e. The summed E-state index contributed by atoms with van der Waals surface area (Å²) in [5.74, 6) is 0.822. The molecule has 142 valence electrons. The summed E-state index contributed by atoms with van der Waals surface area (Å²) in [6, 6.07) is 12.8. The van der Waals surface area contributed by atoms with Crippen molar-refractivity contribution in [2.45, 2.75) is 11.4 Å². The van der Waals surface area contributed by atoms with Gasteiger partial charge in [-0.05, 0) is 40.1 Å². The van der Waals surface area contributed by atoms with E-state index in [0.29, 0.717) is 31.7 Å². The van der Waals surface area contributed by atoms with Gasteiger partial charge in [-0.2, -0.15) is 4.31 Å². The summed E-state index contributed by atoms with van der Waals surface area (Å²) in [4.78, 5) is 2.38. The first kappa shape index (κ1) is 17.9. The number of ether oxygens (including phenoxy) is 1. The van der Waals surface area contributed by atoms with Gasteiger partial charge in [-0.25, -0.2) is 13.0 Å². The molecule has 1 saturated heterocycles. The molecule has 0 saturated carbocycles. The van der Waals surface area contributed by atoms with Crippen molar-refractivity contribution in [3.63, 3.8) is 0 Å². The topological polar surface area (TPSA) is 88.8 Å². The van der Waals surface area contributed by atoms with E-state index < -0.39 is 10.0 Å². The lowest BCUT2D eigenvalue weighted by atomic mass is 10.2. The van der Waals surface area contributed by atoms with Crippen LogP contribution in [0.25, 0.3) is 11.0 Å². The Bertz CT molecular complexity index is 1040. The van der Waals surface area contributed by atoms with Crippen LogP contribution in [0.4, 0.5) is 0 Å². The number of nitrogens with zero attached hydrogens (tertiary/aromatic N) is 4. The van der Waals surface area contributed by atoms with Crippen molar-refractivity contribution in [3.8, 4) is 5.75 Å². The predicted molar refractivity (Wildman–Crippen MR) is 98.8 cm³/mol. The smallest absolute Gasteiger partial charge is 0.245 e. The van der Waals surface area contributed by atoms with Crippen LogP contribution in [-0.2, 0) is 16.6 Å². The van der Waals surface area contributed by atoms with Crippen molar-refractivity contribution in [3.05, 3.63) is 48.0 Å².